The van der Waals surface area contributed by atoms with E-state index in [4.69, 9.17) is 0 Å². The van der Waals surface area contributed by atoms with Crippen molar-refractivity contribution in [2.75, 3.05) is 33.7 Å². The van der Waals surface area contributed by atoms with E-state index in [0.717, 1.165) is 32.5 Å². The second-order valence-corrected chi connectivity index (χ2v) is 7.97. The third kappa shape index (κ3) is 3.65. The van der Waals surface area contributed by atoms with Crippen LogP contribution in [0.25, 0.3) is 6.08 Å². The molecule has 3 rings (SSSR count). The van der Waals surface area contributed by atoms with Crippen molar-refractivity contribution in [2.24, 2.45) is 0 Å². The van der Waals surface area contributed by atoms with Gasteiger partial charge in [-0.25, -0.2) is 5.01 Å². The molecule has 0 aliphatic carbocycles. The molecule has 2 heterocycles. The molecule has 2 aliphatic rings. The van der Waals surface area contributed by atoms with Crippen molar-refractivity contribution in [3.05, 3.63) is 64.4 Å². The van der Waals surface area contributed by atoms with Crippen molar-refractivity contribution in [2.45, 2.75) is 39.7 Å². The summed E-state index contributed by atoms with van der Waals surface area (Å²) in [5, 5.41) is 4.79. The van der Waals surface area contributed by atoms with Gasteiger partial charge >= 0.3 is 0 Å². The van der Waals surface area contributed by atoms with Crippen LogP contribution in [0.2, 0.25) is 0 Å². The minimum Gasteiger partial charge on any atom is -0.303 e. The monoisotopic (exact) mass is 351 g/mol. The fourth-order valence-corrected chi connectivity index (χ4v) is 4.41. The summed E-state index contributed by atoms with van der Waals surface area (Å²) in [4.78, 5) is 2.44. The Kier molecular flexibility index (Phi) is 5.69. The van der Waals surface area contributed by atoms with Gasteiger partial charge in [0.15, 0.2) is 0 Å². The number of hydrogen-bond donors (Lipinski definition) is 0. The molecular formula is C23H33N3. The molecule has 0 N–H and O–H groups in total. The first-order valence-corrected chi connectivity index (χ1v) is 9.73. The van der Waals surface area contributed by atoms with Crippen molar-refractivity contribution >= 4 is 6.08 Å². The zero-order chi connectivity index (χ0) is 18.8. The van der Waals surface area contributed by atoms with Gasteiger partial charge < -0.3 is 5.01 Å². The van der Waals surface area contributed by atoms with Crippen LogP contribution in [0.5, 0.6) is 0 Å². The second kappa shape index (κ2) is 7.81. The van der Waals surface area contributed by atoms with Crippen molar-refractivity contribution < 1.29 is 0 Å². The Morgan fingerprint density at radius 1 is 1.15 bits per heavy atom. The maximum absolute atomic E-state index is 4.02. The van der Waals surface area contributed by atoms with Crippen LogP contribution in [-0.2, 0) is 6.42 Å². The van der Waals surface area contributed by atoms with E-state index in [2.05, 4.69) is 80.6 Å². The van der Waals surface area contributed by atoms with Gasteiger partial charge in [-0.05, 0) is 74.6 Å². The Bertz CT molecular complexity index is 742. The molecule has 0 atom stereocenters. The predicted octanol–water partition coefficient (Wildman–Crippen LogP) is 4.27. The summed E-state index contributed by atoms with van der Waals surface area (Å²) >= 11 is 0. The Morgan fingerprint density at radius 2 is 1.92 bits per heavy atom. The Morgan fingerprint density at radius 3 is 2.62 bits per heavy atom. The summed E-state index contributed by atoms with van der Waals surface area (Å²) in [6, 6.07) is 7.08. The minimum absolute atomic E-state index is 0.484. The lowest BCUT2D eigenvalue weighted by Crippen LogP contribution is -2.40. The van der Waals surface area contributed by atoms with Crippen LogP contribution < -0.4 is 0 Å². The van der Waals surface area contributed by atoms with Crippen molar-refractivity contribution in [3.8, 4) is 0 Å². The average Bonchev–Trinajstić information content (AvgIpc) is 3.15. The highest BCUT2D eigenvalue weighted by atomic mass is 15.6. The summed E-state index contributed by atoms with van der Waals surface area (Å²) in [5.74, 6) is 0. The van der Waals surface area contributed by atoms with E-state index in [1.54, 1.807) is 11.1 Å². The largest absolute Gasteiger partial charge is 0.303 e. The Hall–Kier alpha value is -1.84. The maximum Gasteiger partial charge on any atom is 0.0543 e. The molecule has 1 aromatic carbocycles. The van der Waals surface area contributed by atoms with Crippen LogP contribution in [0, 0.1) is 6.92 Å². The summed E-state index contributed by atoms with van der Waals surface area (Å²) in [5.41, 5.74) is 8.61. The molecule has 0 spiro atoms. The fraction of sp³-hybridized carbons (Fsp3) is 0.478. The second-order valence-electron chi connectivity index (χ2n) is 7.97. The molecule has 26 heavy (non-hydrogen) atoms. The number of nitrogens with zero attached hydrogens (tertiary/aromatic N) is 3. The smallest absolute Gasteiger partial charge is 0.0543 e. The van der Waals surface area contributed by atoms with Gasteiger partial charge in [0.25, 0.3) is 0 Å². The van der Waals surface area contributed by atoms with Crippen molar-refractivity contribution in [1.29, 1.82) is 0 Å². The van der Waals surface area contributed by atoms with Crippen LogP contribution in [0.15, 0.2) is 47.7 Å². The zero-order valence-electron chi connectivity index (χ0n) is 17.0. The van der Waals surface area contributed by atoms with Crippen LogP contribution in [0.4, 0.5) is 0 Å². The van der Waals surface area contributed by atoms with Gasteiger partial charge in [-0.15, -0.1) is 0 Å². The molecule has 0 amide bonds. The zero-order valence-corrected chi connectivity index (χ0v) is 17.0. The molecule has 3 nitrogen and oxygen atoms in total. The first-order valence-electron chi connectivity index (χ1n) is 9.73. The summed E-state index contributed by atoms with van der Waals surface area (Å²) in [6.07, 6.45) is 6.61. The molecular weight excluding hydrogens is 318 g/mol. The van der Waals surface area contributed by atoms with E-state index in [-0.39, 0.29) is 0 Å². The van der Waals surface area contributed by atoms with E-state index in [1.807, 2.05) is 6.08 Å². The normalized spacial score (nSPS) is 19.0. The van der Waals surface area contributed by atoms with Crippen molar-refractivity contribution in [1.82, 2.24) is 14.9 Å². The Labute approximate surface area is 159 Å². The quantitative estimate of drug-likeness (QED) is 0.758. The van der Waals surface area contributed by atoms with E-state index in [1.165, 1.54) is 22.4 Å². The highest BCUT2D eigenvalue weighted by molar-refractivity contribution is 5.56. The highest BCUT2D eigenvalue weighted by Crippen LogP contribution is 2.33. The SMILES string of the molecule is C=Cc1c(C)cccc1CCC1=C(C2=CCN(C)N2C(C)C)CN(C)C1. The summed E-state index contributed by atoms with van der Waals surface area (Å²) in [7, 11) is 4.42. The number of aryl methyl sites for hydroxylation is 2. The van der Waals surface area contributed by atoms with E-state index in [9.17, 15) is 0 Å². The number of hydrogen-bond acceptors (Lipinski definition) is 3. The van der Waals surface area contributed by atoms with Gasteiger partial charge in [0.1, 0.15) is 0 Å². The molecule has 0 saturated heterocycles. The van der Waals surface area contributed by atoms with E-state index >= 15 is 0 Å². The van der Waals surface area contributed by atoms with E-state index in [0.29, 0.717) is 6.04 Å². The lowest BCUT2D eigenvalue weighted by atomic mass is 9.95. The molecule has 0 fully saturated rings. The van der Waals surface area contributed by atoms with Gasteiger partial charge in [0.05, 0.1) is 5.70 Å². The number of likely N-dealkylation sites (N-methyl/N-ethyl adjacent to an activating group) is 2. The first-order chi connectivity index (χ1) is 12.4. The molecule has 0 bridgehead atoms. The molecule has 0 aromatic heterocycles. The lowest BCUT2D eigenvalue weighted by molar-refractivity contribution is 0.0407. The van der Waals surface area contributed by atoms with Gasteiger partial charge in [-0.1, -0.05) is 30.9 Å². The lowest BCUT2D eigenvalue weighted by Gasteiger charge is -2.34. The third-order valence-corrected chi connectivity index (χ3v) is 5.59. The molecule has 0 unspecified atom stereocenters. The van der Waals surface area contributed by atoms with Gasteiger partial charge in [-0.2, -0.15) is 0 Å². The molecule has 140 valence electrons. The molecule has 2 aliphatic heterocycles. The third-order valence-electron chi connectivity index (χ3n) is 5.59. The van der Waals surface area contributed by atoms with E-state index < -0.39 is 0 Å². The topological polar surface area (TPSA) is 9.72 Å². The minimum atomic E-state index is 0.484. The standard InChI is InChI=1S/C23H33N3/c1-7-21-18(4)9-8-10-19(21)11-12-20-15-24(5)16-22(20)23-13-14-25(6)26(23)17(2)3/h7-10,13,17H,1,11-12,14-16H2,2-6H3. The van der Waals surface area contributed by atoms with Crippen LogP contribution >= 0.6 is 0 Å². The predicted molar refractivity (Wildman–Crippen MR) is 112 cm³/mol. The summed E-state index contributed by atoms with van der Waals surface area (Å²) < 4.78 is 0. The van der Waals surface area contributed by atoms with Crippen LogP contribution in [0.3, 0.4) is 0 Å². The summed E-state index contributed by atoms with van der Waals surface area (Å²) in [6.45, 7) is 13.9. The van der Waals surface area contributed by atoms with Crippen molar-refractivity contribution in [3.63, 3.8) is 0 Å². The number of hydrazine groups is 1. The number of rotatable bonds is 6. The van der Waals surface area contributed by atoms with Gasteiger partial charge in [-0.3, -0.25) is 4.90 Å². The molecule has 0 radical (unpaired) electrons. The van der Waals surface area contributed by atoms with Gasteiger partial charge in [0.2, 0.25) is 0 Å². The number of benzene rings is 1. The average molecular weight is 352 g/mol. The maximum atomic E-state index is 4.02. The van der Waals surface area contributed by atoms with Crippen LogP contribution in [-0.4, -0.2) is 54.7 Å². The fourth-order valence-electron chi connectivity index (χ4n) is 4.41. The Balaban J connectivity index is 1.84. The molecule has 3 heteroatoms. The first kappa shape index (κ1) is 18.9. The highest BCUT2D eigenvalue weighted by Gasteiger charge is 2.30. The molecule has 0 saturated carbocycles. The molecule has 1 aromatic rings. The van der Waals surface area contributed by atoms with Crippen LogP contribution in [0.1, 0.15) is 37.0 Å². The van der Waals surface area contributed by atoms with Gasteiger partial charge in [0, 0.05) is 32.7 Å².